The number of nitrogens with two attached hydrogens (primary N) is 1. The number of rotatable bonds is 1. The van der Waals surface area contributed by atoms with Crippen molar-refractivity contribution in [1.29, 1.82) is 0 Å². The standard InChI is InChI=1S/C12H16FN3O/c1-7-3-8(2)16(6-7)12(17)10-4-9(13)5-15-11(10)14/h4-5,7-8H,3,6H2,1-2H3,(H2,14,15). The smallest absolute Gasteiger partial charge is 0.257 e. The van der Waals surface area contributed by atoms with Crippen LogP contribution in [0.1, 0.15) is 30.6 Å². The van der Waals surface area contributed by atoms with Crippen LogP contribution in [0.15, 0.2) is 12.3 Å². The molecule has 5 heteroatoms. The third kappa shape index (κ3) is 2.23. The lowest BCUT2D eigenvalue weighted by molar-refractivity contribution is 0.0744. The highest BCUT2D eigenvalue weighted by Crippen LogP contribution is 2.25. The van der Waals surface area contributed by atoms with E-state index < -0.39 is 5.82 Å². The quantitative estimate of drug-likeness (QED) is 0.808. The van der Waals surface area contributed by atoms with Gasteiger partial charge in [-0.3, -0.25) is 4.79 Å². The van der Waals surface area contributed by atoms with Crippen LogP contribution >= 0.6 is 0 Å². The van der Waals surface area contributed by atoms with Gasteiger partial charge in [0.05, 0.1) is 11.8 Å². The monoisotopic (exact) mass is 237 g/mol. The van der Waals surface area contributed by atoms with Gasteiger partial charge >= 0.3 is 0 Å². The maximum atomic E-state index is 13.1. The summed E-state index contributed by atoms with van der Waals surface area (Å²) in [5, 5.41) is 0. The van der Waals surface area contributed by atoms with Crippen molar-refractivity contribution >= 4 is 11.7 Å². The Morgan fingerprint density at radius 2 is 2.29 bits per heavy atom. The van der Waals surface area contributed by atoms with Gasteiger partial charge in [-0.2, -0.15) is 0 Å². The van der Waals surface area contributed by atoms with Crippen LogP contribution in [-0.4, -0.2) is 28.4 Å². The van der Waals surface area contributed by atoms with Crippen molar-refractivity contribution in [2.75, 3.05) is 12.3 Å². The molecule has 1 saturated heterocycles. The Hall–Kier alpha value is -1.65. The van der Waals surface area contributed by atoms with Gasteiger partial charge in [-0.15, -0.1) is 0 Å². The minimum atomic E-state index is -0.539. The molecular formula is C12H16FN3O. The number of halogens is 1. The molecule has 0 saturated carbocycles. The van der Waals surface area contributed by atoms with Crippen LogP contribution in [0.2, 0.25) is 0 Å². The molecule has 1 aromatic rings. The van der Waals surface area contributed by atoms with Gasteiger partial charge < -0.3 is 10.6 Å². The van der Waals surface area contributed by atoms with E-state index in [0.717, 1.165) is 18.7 Å². The second kappa shape index (κ2) is 4.31. The molecule has 0 radical (unpaired) electrons. The highest BCUT2D eigenvalue weighted by molar-refractivity contribution is 5.98. The molecule has 2 atom stereocenters. The van der Waals surface area contributed by atoms with Gasteiger partial charge in [0.2, 0.25) is 0 Å². The van der Waals surface area contributed by atoms with Gasteiger partial charge in [-0.1, -0.05) is 6.92 Å². The predicted molar refractivity (Wildman–Crippen MR) is 62.9 cm³/mol. The normalized spacial score (nSPS) is 24.1. The minimum absolute atomic E-state index is 0.0863. The molecule has 2 heterocycles. The van der Waals surface area contributed by atoms with E-state index >= 15 is 0 Å². The van der Waals surface area contributed by atoms with Crippen LogP contribution in [0.4, 0.5) is 10.2 Å². The first-order chi connectivity index (χ1) is 7.99. The molecule has 0 bridgehead atoms. The second-order valence-corrected chi connectivity index (χ2v) is 4.73. The number of amides is 1. The molecule has 92 valence electrons. The number of hydrogen-bond acceptors (Lipinski definition) is 3. The number of carbonyl (C=O) groups excluding carboxylic acids is 1. The van der Waals surface area contributed by atoms with E-state index in [0.29, 0.717) is 12.5 Å². The molecule has 2 N–H and O–H groups in total. The topological polar surface area (TPSA) is 59.2 Å². The van der Waals surface area contributed by atoms with Gasteiger partial charge in [0, 0.05) is 12.6 Å². The molecule has 2 rings (SSSR count). The number of nitrogen functional groups attached to an aromatic ring is 1. The fourth-order valence-electron chi connectivity index (χ4n) is 2.36. The summed E-state index contributed by atoms with van der Waals surface area (Å²) in [5.74, 6) is -0.214. The average molecular weight is 237 g/mol. The van der Waals surface area contributed by atoms with E-state index in [1.807, 2.05) is 6.92 Å². The molecule has 1 aliphatic heterocycles. The van der Waals surface area contributed by atoms with Gasteiger partial charge in [-0.25, -0.2) is 9.37 Å². The molecule has 2 unspecified atom stereocenters. The first-order valence-electron chi connectivity index (χ1n) is 5.71. The first kappa shape index (κ1) is 11.8. The molecule has 0 spiro atoms. The highest BCUT2D eigenvalue weighted by atomic mass is 19.1. The molecule has 1 aromatic heterocycles. The Kier molecular flexibility index (Phi) is 3.00. The van der Waals surface area contributed by atoms with Crippen molar-refractivity contribution < 1.29 is 9.18 Å². The number of nitrogens with zero attached hydrogens (tertiary/aromatic N) is 2. The maximum absolute atomic E-state index is 13.1. The van der Waals surface area contributed by atoms with Crippen LogP contribution in [0, 0.1) is 11.7 Å². The molecule has 0 aliphatic carbocycles. The van der Waals surface area contributed by atoms with E-state index in [2.05, 4.69) is 11.9 Å². The zero-order chi connectivity index (χ0) is 12.6. The Morgan fingerprint density at radius 3 is 2.88 bits per heavy atom. The van der Waals surface area contributed by atoms with Gasteiger partial charge in [0.25, 0.3) is 5.91 Å². The number of hydrogen-bond donors (Lipinski definition) is 1. The van der Waals surface area contributed by atoms with Crippen LogP contribution in [0.5, 0.6) is 0 Å². The number of aromatic nitrogens is 1. The molecule has 4 nitrogen and oxygen atoms in total. The zero-order valence-electron chi connectivity index (χ0n) is 9.98. The summed E-state index contributed by atoms with van der Waals surface area (Å²) >= 11 is 0. The van der Waals surface area contributed by atoms with Gasteiger partial charge in [0.15, 0.2) is 0 Å². The lowest BCUT2D eigenvalue weighted by Crippen LogP contribution is -2.34. The van der Waals surface area contributed by atoms with E-state index in [-0.39, 0.29) is 23.3 Å². The second-order valence-electron chi connectivity index (χ2n) is 4.73. The molecule has 0 aromatic carbocycles. The van der Waals surface area contributed by atoms with Crippen LogP contribution < -0.4 is 5.73 Å². The Bertz CT molecular complexity index is 449. The van der Waals surface area contributed by atoms with Gasteiger partial charge in [-0.05, 0) is 25.3 Å². The summed E-state index contributed by atoms with van der Waals surface area (Å²) < 4.78 is 13.1. The largest absolute Gasteiger partial charge is 0.383 e. The lowest BCUT2D eigenvalue weighted by Gasteiger charge is -2.21. The molecule has 1 aliphatic rings. The number of likely N-dealkylation sites (tertiary alicyclic amines) is 1. The molecule has 1 fully saturated rings. The Morgan fingerprint density at radius 1 is 1.59 bits per heavy atom. The van der Waals surface area contributed by atoms with Crippen molar-refractivity contribution in [2.45, 2.75) is 26.3 Å². The number of pyridine rings is 1. The van der Waals surface area contributed by atoms with Crippen LogP contribution in [0.25, 0.3) is 0 Å². The summed E-state index contributed by atoms with van der Waals surface area (Å²) in [4.78, 5) is 17.6. The van der Waals surface area contributed by atoms with E-state index in [1.54, 1.807) is 4.90 Å². The summed E-state index contributed by atoms with van der Waals surface area (Å²) in [6, 6.07) is 1.32. The highest BCUT2D eigenvalue weighted by Gasteiger charge is 2.31. The Labute approximate surface area is 99.6 Å². The predicted octanol–water partition coefficient (Wildman–Crippen LogP) is 1.67. The van der Waals surface area contributed by atoms with Crippen molar-refractivity contribution in [1.82, 2.24) is 9.88 Å². The van der Waals surface area contributed by atoms with Crippen molar-refractivity contribution in [3.63, 3.8) is 0 Å². The SMILES string of the molecule is CC1CC(C)N(C(=O)c2cc(F)cnc2N)C1. The van der Waals surface area contributed by atoms with E-state index in [9.17, 15) is 9.18 Å². The van der Waals surface area contributed by atoms with Crippen LogP contribution in [0.3, 0.4) is 0 Å². The molecular weight excluding hydrogens is 221 g/mol. The van der Waals surface area contributed by atoms with Gasteiger partial charge in [0.1, 0.15) is 11.6 Å². The lowest BCUT2D eigenvalue weighted by atomic mass is 10.1. The summed E-state index contributed by atoms with van der Waals surface area (Å²) in [5.41, 5.74) is 5.77. The number of anilines is 1. The van der Waals surface area contributed by atoms with E-state index in [1.165, 1.54) is 0 Å². The fraction of sp³-hybridized carbons (Fsp3) is 0.500. The third-order valence-corrected chi connectivity index (χ3v) is 3.16. The maximum Gasteiger partial charge on any atom is 0.257 e. The first-order valence-corrected chi connectivity index (χ1v) is 5.71. The van der Waals surface area contributed by atoms with Crippen LogP contribution in [-0.2, 0) is 0 Å². The zero-order valence-corrected chi connectivity index (χ0v) is 9.98. The summed E-state index contributed by atoms with van der Waals surface area (Å²) in [7, 11) is 0. The fourth-order valence-corrected chi connectivity index (χ4v) is 2.36. The van der Waals surface area contributed by atoms with E-state index in [4.69, 9.17) is 5.73 Å². The summed E-state index contributed by atoms with van der Waals surface area (Å²) in [6.45, 7) is 4.78. The third-order valence-electron chi connectivity index (χ3n) is 3.16. The van der Waals surface area contributed by atoms with Crippen molar-refractivity contribution in [3.8, 4) is 0 Å². The van der Waals surface area contributed by atoms with Crippen molar-refractivity contribution in [3.05, 3.63) is 23.6 Å². The average Bonchev–Trinajstić information content (AvgIpc) is 2.60. The minimum Gasteiger partial charge on any atom is -0.383 e. The number of carbonyl (C=O) groups is 1. The summed E-state index contributed by atoms with van der Waals surface area (Å²) in [6.07, 6.45) is 1.98. The molecule has 17 heavy (non-hydrogen) atoms. The van der Waals surface area contributed by atoms with Crippen molar-refractivity contribution in [2.24, 2.45) is 5.92 Å². The molecule has 1 amide bonds. The Balaban J connectivity index is 2.28.